The molecule has 4 heterocycles. The molecule has 5 rings (SSSR count). The number of furan rings is 1. The van der Waals surface area contributed by atoms with Crippen LogP contribution >= 0.6 is 0 Å². The highest BCUT2D eigenvalue weighted by molar-refractivity contribution is 6.83. The Morgan fingerprint density at radius 3 is 2.57 bits per heavy atom. The van der Waals surface area contributed by atoms with Gasteiger partial charge < -0.3 is 9.23 Å². The predicted molar refractivity (Wildman–Crippen MR) is 124 cm³/mol. The monoisotopic (exact) mass is 394 g/mol. The van der Waals surface area contributed by atoms with E-state index in [-0.39, 0.29) is 6.85 Å². The number of rotatable bonds is 2. The normalized spacial score (nSPS) is 13.6. The van der Waals surface area contributed by atoms with Gasteiger partial charge in [-0.25, -0.2) is 9.55 Å². The van der Waals surface area contributed by atoms with E-state index in [1.54, 1.807) is 0 Å². The van der Waals surface area contributed by atoms with Crippen LogP contribution in [0.1, 0.15) is 23.9 Å². The molecule has 3 aromatic heterocycles. The van der Waals surface area contributed by atoms with Crippen LogP contribution in [0.2, 0.25) is 0 Å². The number of pyridine rings is 2. The van der Waals surface area contributed by atoms with Crippen molar-refractivity contribution >= 4 is 35.3 Å². The van der Waals surface area contributed by atoms with E-state index in [0.29, 0.717) is 5.71 Å². The van der Waals surface area contributed by atoms with Crippen molar-refractivity contribution in [1.29, 1.82) is 0 Å². The van der Waals surface area contributed by atoms with E-state index in [1.807, 2.05) is 13.0 Å². The summed E-state index contributed by atoms with van der Waals surface area (Å²) in [6.45, 7) is 6.49. The molecule has 0 saturated carbocycles. The number of benzene rings is 1. The first-order valence-corrected chi connectivity index (χ1v) is 10.3. The van der Waals surface area contributed by atoms with Gasteiger partial charge in [-0.1, -0.05) is 35.8 Å². The second-order valence-electron chi connectivity index (χ2n) is 8.29. The maximum atomic E-state index is 6.09. The van der Waals surface area contributed by atoms with Crippen LogP contribution in [-0.2, 0) is 7.05 Å². The summed E-state index contributed by atoms with van der Waals surface area (Å²) < 4.78 is 8.34. The van der Waals surface area contributed by atoms with Gasteiger partial charge in [-0.3, -0.25) is 0 Å². The topological polar surface area (TPSA) is 33.2 Å². The van der Waals surface area contributed by atoms with Crippen molar-refractivity contribution in [2.75, 3.05) is 11.9 Å². The molecule has 0 aliphatic carbocycles. The summed E-state index contributed by atoms with van der Waals surface area (Å²) in [7, 11) is 4.28. The lowest BCUT2D eigenvalue weighted by molar-refractivity contribution is -0.653. The fourth-order valence-corrected chi connectivity index (χ4v) is 4.65. The van der Waals surface area contributed by atoms with Gasteiger partial charge in [0.2, 0.25) is 5.71 Å². The lowest BCUT2D eigenvalue weighted by Crippen LogP contribution is -2.62. The molecule has 0 bridgehead atoms. The number of aromatic nitrogens is 2. The third-order valence-corrected chi connectivity index (χ3v) is 6.11. The molecule has 5 heteroatoms. The van der Waals surface area contributed by atoms with Crippen molar-refractivity contribution in [3.05, 3.63) is 77.2 Å². The van der Waals surface area contributed by atoms with Crippen molar-refractivity contribution < 1.29 is 8.98 Å². The van der Waals surface area contributed by atoms with Gasteiger partial charge in [-0.2, -0.15) is 0 Å². The zero-order valence-corrected chi connectivity index (χ0v) is 18.1. The Hall–Kier alpha value is -3.34. The average molecular weight is 394 g/mol. The molecule has 1 aliphatic heterocycles. The van der Waals surface area contributed by atoms with Crippen molar-refractivity contribution in [2.45, 2.75) is 20.8 Å². The van der Waals surface area contributed by atoms with Gasteiger partial charge in [0.25, 0.3) is 0 Å². The Morgan fingerprint density at radius 1 is 1.03 bits per heavy atom. The zero-order chi connectivity index (χ0) is 21.0. The second-order valence-corrected chi connectivity index (χ2v) is 8.29. The van der Waals surface area contributed by atoms with Crippen LogP contribution in [0.25, 0.3) is 28.3 Å². The number of hydrogen-bond acceptors (Lipinski definition) is 3. The van der Waals surface area contributed by atoms with Crippen LogP contribution in [0, 0.1) is 13.8 Å². The van der Waals surface area contributed by atoms with Gasteiger partial charge >= 0.3 is 6.85 Å². The van der Waals surface area contributed by atoms with Gasteiger partial charge in [-0.15, -0.1) is 0 Å². The highest BCUT2D eigenvalue weighted by Gasteiger charge is 2.39. The summed E-state index contributed by atoms with van der Waals surface area (Å²) >= 11 is 0. The molecule has 4 nitrogen and oxygen atoms in total. The summed E-state index contributed by atoms with van der Waals surface area (Å²) in [5.41, 5.74) is 9.06. The lowest BCUT2D eigenvalue weighted by Gasteiger charge is -2.29. The predicted octanol–water partition coefficient (Wildman–Crippen LogP) is 4.23. The van der Waals surface area contributed by atoms with Crippen LogP contribution in [-0.4, -0.2) is 18.9 Å². The molecule has 0 atom stereocenters. The Labute approximate surface area is 177 Å². The van der Waals surface area contributed by atoms with Crippen molar-refractivity contribution in [3.8, 4) is 11.1 Å². The maximum Gasteiger partial charge on any atom is 0.399 e. The minimum Gasteiger partial charge on any atom is -0.436 e. The first kappa shape index (κ1) is 18.7. The van der Waals surface area contributed by atoms with Gasteiger partial charge in [0.05, 0.1) is 11.1 Å². The van der Waals surface area contributed by atoms with E-state index >= 15 is 0 Å². The first-order chi connectivity index (χ1) is 14.4. The number of hydrogen-bond donors (Lipinski definition) is 0. The molecular weight excluding hydrogens is 369 g/mol. The smallest absolute Gasteiger partial charge is 0.399 e. The summed E-state index contributed by atoms with van der Waals surface area (Å²) in [6, 6.07) is 17.0. The molecule has 0 saturated heterocycles. The maximum absolute atomic E-state index is 6.09. The molecule has 1 aromatic carbocycles. The van der Waals surface area contributed by atoms with E-state index < -0.39 is 0 Å². The van der Waals surface area contributed by atoms with Crippen molar-refractivity contribution in [1.82, 2.24) is 4.98 Å². The summed E-state index contributed by atoms with van der Waals surface area (Å²) in [4.78, 5) is 6.91. The summed E-state index contributed by atoms with van der Waals surface area (Å²) in [5.74, 6) is 0.889. The highest BCUT2D eigenvalue weighted by atomic mass is 16.3. The number of anilines is 1. The summed E-state index contributed by atoms with van der Waals surface area (Å²) in [6.07, 6.45) is 4.41. The quantitative estimate of drug-likeness (QED) is 0.377. The van der Waals surface area contributed by atoms with Crippen LogP contribution < -0.4 is 15.0 Å². The minimum atomic E-state index is 0.133. The van der Waals surface area contributed by atoms with E-state index in [1.165, 1.54) is 27.8 Å². The van der Waals surface area contributed by atoms with Crippen LogP contribution in [0.3, 0.4) is 0 Å². The van der Waals surface area contributed by atoms with Crippen molar-refractivity contribution in [2.24, 2.45) is 7.05 Å². The Morgan fingerprint density at radius 2 is 1.80 bits per heavy atom. The fraction of sp³-hybridized carbons (Fsp3) is 0.200. The molecule has 30 heavy (non-hydrogen) atoms. The third kappa shape index (κ3) is 2.85. The molecule has 0 unspecified atom stereocenters. The average Bonchev–Trinajstić information content (AvgIpc) is 3.08. The molecular formula is C25H25BN3O+. The lowest BCUT2D eigenvalue weighted by atomic mass is 9.49. The Kier molecular flexibility index (Phi) is 4.28. The second kappa shape index (κ2) is 6.87. The Balaban J connectivity index is 1.63. The highest BCUT2D eigenvalue weighted by Crippen LogP contribution is 2.38. The van der Waals surface area contributed by atoms with Gasteiger partial charge in [-0.05, 0) is 57.2 Å². The molecule has 1 aliphatic rings. The van der Waals surface area contributed by atoms with E-state index in [4.69, 9.17) is 4.42 Å². The van der Waals surface area contributed by atoms with Crippen LogP contribution in [0.5, 0.6) is 0 Å². The van der Waals surface area contributed by atoms with Gasteiger partial charge in [0, 0.05) is 17.3 Å². The molecule has 0 fully saturated rings. The molecule has 148 valence electrons. The van der Waals surface area contributed by atoms with Gasteiger partial charge in [0.15, 0.2) is 17.6 Å². The van der Waals surface area contributed by atoms with E-state index in [9.17, 15) is 0 Å². The van der Waals surface area contributed by atoms with E-state index in [0.717, 1.165) is 22.5 Å². The first-order valence-electron chi connectivity index (χ1n) is 10.3. The summed E-state index contributed by atoms with van der Waals surface area (Å²) in [5, 5.41) is 1.06. The minimum absolute atomic E-state index is 0.133. The molecule has 0 amide bonds. The van der Waals surface area contributed by atoms with Crippen LogP contribution in [0.15, 0.2) is 64.6 Å². The Bertz CT molecular complexity index is 1310. The molecule has 4 aromatic rings. The van der Waals surface area contributed by atoms with Gasteiger partial charge in [0.1, 0.15) is 7.05 Å². The zero-order valence-electron chi connectivity index (χ0n) is 18.1. The standard InChI is InChI=1S/C25H25BN3O/c1-16-13-23(28(4)15-21(16)19-9-7-6-8-10-19)26-17(2)14-22-24(29(26)5)20-12-11-18(3)27-25(20)30-22/h6-15H,1-5H3/q+1. The molecule has 0 radical (unpaired) electrons. The fourth-order valence-electron chi connectivity index (χ4n) is 4.65. The number of fused-ring (bicyclic) bond motifs is 3. The molecule has 0 N–H and O–H groups in total. The number of aryl methyl sites for hydroxylation is 3. The largest absolute Gasteiger partial charge is 0.436 e. The van der Waals surface area contributed by atoms with Crippen molar-refractivity contribution in [3.63, 3.8) is 0 Å². The van der Waals surface area contributed by atoms with E-state index in [2.05, 4.69) is 97.0 Å². The SMILES string of the molecule is CC1=Cc2oc3nc(C)ccc3c2N(C)B1c1cc(C)c(-c2ccccc2)c[n+]1C. The molecule has 0 spiro atoms. The third-order valence-electron chi connectivity index (χ3n) is 6.11. The van der Waals surface area contributed by atoms with Crippen LogP contribution in [0.4, 0.5) is 5.69 Å². The number of nitrogens with zero attached hydrogens (tertiary/aromatic N) is 3. The number of allylic oxidation sites excluding steroid dienone is 1.